The van der Waals surface area contributed by atoms with Crippen molar-refractivity contribution >= 4 is 11.6 Å². The van der Waals surface area contributed by atoms with Crippen molar-refractivity contribution in [3.63, 3.8) is 0 Å². The van der Waals surface area contributed by atoms with Gasteiger partial charge in [-0.25, -0.2) is 0 Å². The average molecular weight is 280 g/mol. The van der Waals surface area contributed by atoms with Crippen LogP contribution in [0.4, 0.5) is 5.69 Å². The third-order valence-electron chi connectivity index (χ3n) is 2.91. The quantitative estimate of drug-likeness (QED) is 0.682. The van der Waals surface area contributed by atoms with Crippen LogP contribution in [0.3, 0.4) is 0 Å². The largest absolute Gasteiger partial charge is 0.493 e. The molecule has 0 unspecified atom stereocenters. The lowest BCUT2D eigenvalue weighted by Gasteiger charge is -2.11. The molecule has 2 N–H and O–H groups in total. The van der Waals surface area contributed by atoms with Gasteiger partial charge in [-0.15, -0.1) is 0 Å². The van der Waals surface area contributed by atoms with Gasteiger partial charge >= 0.3 is 0 Å². The first-order valence-electron chi connectivity index (χ1n) is 6.93. The van der Waals surface area contributed by atoms with E-state index in [4.69, 9.17) is 9.47 Å². The number of carbonyl (C=O) groups is 1. The first-order valence-corrected chi connectivity index (χ1v) is 6.93. The second-order valence-electron chi connectivity index (χ2n) is 4.50. The lowest BCUT2D eigenvalue weighted by Crippen LogP contribution is -2.28. The van der Waals surface area contributed by atoms with Crippen LogP contribution in [0.5, 0.6) is 11.5 Å². The van der Waals surface area contributed by atoms with Crippen LogP contribution in [0, 0.1) is 0 Å². The first kappa shape index (κ1) is 16.3. The molecule has 0 heterocycles. The summed E-state index contributed by atoms with van der Waals surface area (Å²) in [5.41, 5.74) is 0.697. The van der Waals surface area contributed by atoms with E-state index in [0.717, 1.165) is 13.0 Å². The Bertz CT molecular complexity index is 422. The van der Waals surface area contributed by atoms with Crippen LogP contribution in [-0.2, 0) is 4.79 Å². The van der Waals surface area contributed by atoms with Crippen LogP contribution in [0.15, 0.2) is 18.2 Å². The molecule has 0 aliphatic carbocycles. The Morgan fingerprint density at radius 2 is 1.90 bits per heavy atom. The molecular formula is C15H24N2O3. The van der Waals surface area contributed by atoms with Gasteiger partial charge in [-0.2, -0.15) is 0 Å². The Hall–Kier alpha value is -1.75. The van der Waals surface area contributed by atoms with Crippen molar-refractivity contribution in [2.24, 2.45) is 0 Å². The molecule has 0 radical (unpaired) electrons. The van der Waals surface area contributed by atoms with Gasteiger partial charge in [0.2, 0.25) is 5.91 Å². The predicted octanol–water partition coefficient (Wildman–Crippen LogP) is 2.42. The summed E-state index contributed by atoms with van der Waals surface area (Å²) in [4.78, 5) is 11.8. The number of rotatable bonds is 9. The maximum absolute atomic E-state index is 11.8. The number of nitrogens with one attached hydrogen (secondary N) is 2. The third kappa shape index (κ3) is 5.48. The van der Waals surface area contributed by atoms with Crippen LogP contribution in [0.2, 0.25) is 0 Å². The molecule has 0 fully saturated rings. The Morgan fingerprint density at radius 1 is 1.15 bits per heavy atom. The third-order valence-corrected chi connectivity index (χ3v) is 2.91. The van der Waals surface area contributed by atoms with Gasteiger partial charge in [-0.1, -0.05) is 19.8 Å². The van der Waals surface area contributed by atoms with Gasteiger partial charge in [-0.05, 0) is 25.1 Å². The molecule has 5 nitrogen and oxygen atoms in total. The van der Waals surface area contributed by atoms with E-state index < -0.39 is 0 Å². The minimum atomic E-state index is -0.0614. The zero-order chi connectivity index (χ0) is 14.8. The number of anilines is 1. The number of carbonyl (C=O) groups excluding carboxylic acids is 1. The molecule has 1 aromatic rings. The summed E-state index contributed by atoms with van der Waals surface area (Å²) in [6.45, 7) is 3.34. The highest BCUT2D eigenvalue weighted by atomic mass is 16.5. The Kier molecular flexibility index (Phi) is 7.50. The van der Waals surface area contributed by atoms with E-state index in [1.807, 2.05) is 0 Å². The molecule has 1 amide bonds. The van der Waals surface area contributed by atoms with Gasteiger partial charge in [0.05, 0.1) is 20.8 Å². The average Bonchev–Trinajstić information content (AvgIpc) is 2.46. The van der Waals surface area contributed by atoms with Crippen LogP contribution >= 0.6 is 0 Å². The van der Waals surface area contributed by atoms with Gasteiger partial charge in [-0.3, -0.25) is 4.79 Å². The number of ether oxygens (including phenoxy) is 2. The zero-order valence-electron chi connectivity index (χ0n) is 12.5. The van der Waals surface area contributed by atoms with Crippen molar-refractivity contribution in [3.05, 3.63) is 18.2 Å². The number of unbranched alkanes of at least 4 members (excludes halogenated alkanes) is 2. The minimum absolute atomic E-state index is 0.0614. The molecule has 5 heteroatoms. The van der Waals surface area contributed by atoms with Crippen LogP contribution < -0.4 is 20.1 Å². The summed E-state index contributed by atoms with van der Waals surface area (Å²) in [5, 5.41) is 5.95. The van der Waals surface area contributed by atoms with Gasteiger partial charge < -0.3 is 20.1 Å². The highest BCUT2D eigenvalue weighted by Gasteiger charge is 2.07. The number of hydrogen-bond acceptors (Lipinski definition) is 4. The number of benzene rings is 1. The lowest BCUT2D eigenvalue weighted by atomic mass is 10.2. The summed E-state index contributed by atoms with van der Waals surface area (Å²) in [7, 11) is 3.15. The molecule has 20 heavy (non-hydrogen) atoms. The molecule has 0 bridgehead atoms. The zero-order valence-corrected chi connectivity index (χ0v) is 12.5. The Balaban J connectivity index is 2.41. The monoisotopic (exact) mass is 280 g/mol. The summed E-state index contributed by atoms with van der Waals surface area (Å²) < 4.78 is 10.3. The molecular weight excluding hydrogens is 256 g/mol. The molecule has 112 valence electrons. The summed E-state index contributed by atoms with van der Waals surface area (Å²) in [5.74, 6) is 1.18. The fraction of sp³-hybridized carbons (Fsp3) is 0.533. The summed E-state index contributed by atoms with van der Waals surface area (Å²) in [6, 6.07) is 5.30. The summed E-state index contributed by atoms with van der Waals surface area (Å²) in [6.07, 6.45) is 3.46. The van der Waals surface area contributed by atoms with Crippen LogP contribution in [-0.4, -0.2) is 33.2 Å². The second-order valence-corrected chi connectivity index (χ2v) is 4.50. The van der Waals surface area contributed by atoms with Crippen molar-refractivity contribution < 1.29 is 14.3 Å². The van der Waals surface area contributed by atoms with E-state index >= 15 is 0 Å². The molecule has 0 spiro atoms. The highest BCUT2D eigenvalue weighted by molar-refractivity contribution is 5.92. The van der Waals surface area contributed by atoms with Crippen molar-refractivity contribution in [2.75, 3.05) is 32.6 Å². The number of amides is 1. The molecule has 0 atom stereocenters. The van der Waals surface area contributed by atoms with Crippen molar-refractivity contribution in [1.29, 1.82) is 0 Å². The number of methoxy groups -OCH3 is 2. The minimum Gasteiger partial charge on any atom is -0.493 e. The molecule has 0 aliphatic heterocycles. The maximum Gasteiger partial charge on any atom is 0.238 e. The van der Waals surface area contributed by atoms with E-state index in [2.05, 4.69) is 17.6 Å². The molecule has 0 saturated carbocycles. The summed E-state index contributed by atoms with van der Waals surface area (Å²) >= 11 is 0. The lowest BCUT2D eigenvalue weighted by molar-refractivity contribution is -0.115. The molecule has 1 rings (SSSR count). The molecule has 1 aromatic carbocycles. The first-order chi connectivity index (χ1) is 9.71. The van der Waals surface area contributed by atoms with Gasteiger partial charge in [0.1, 0.15) is 0 Å². The van der Waals surface area contributed by atoms with Gasteiger partial charge in [0, 0.05) is 11.8 Å². The fourth-order valence-electron chi connectivity index (χ4n) is 1.82. The number of hydrogen-bond donors (Lipinski definition) is 2. The standard InChI is InChI=1S/C15H24N2O3/c1-4-5-6-9-16-11-15(18)17-12-7-8-13(19-2)14(10-12)20-3/h7-8,10,16H,4-6,9,11H2,1-3H3,(H,17,18). The SMILES string of the molecule is CCCCCNCC(=O)Nc1ccc(OC)c(OC)c1. The maximum atomic E-state index is 11.8. The van der Waals surface area contributed by atoms with Gasteiger partial charge in [0.15, 0.2) is 11.5 Å². The normalized spacial score (nSPS) is 10.2. The fourth-order valence-corrected chi connectivity index (χ4v) is 1.82. The van der Waals surface area contributed by atoms with Crippen molar-refractivity contribution in [3.8, 4) is 11.5 Å². The van der Waals surface area contributed by atoms with Crippen LogP contribution in [0.25, 0.3) is 0 Å². The van der Waals surface area contributed by atoms with E-state index in [9.17, 15) is 4.79 Å². The molecule has 0 saturated heterocycles. The topological polar surface area (TPSA) is 59.6 Å². The Morgan fingerprint density at radius 3 is 2.55 bits per heavy atom. The van der Waals surface area contributed by atoms with E-state index in [1.165, 1.54) is 12.8 Å². The smallest absolute Gasteiger partial charge is 0.238 e. The van der Waals surface area contributed by atoms with Crippen molar-refractivity contribution in [1.82, 2.24) is 5.32 Å². The molecule has 0 aromatic heterocycles. The predicted molar refractivity (Wildman–Crippen MR) is 80.6 cm³/mol. The Labute approximate surface area is 120 Å². The molecule has 0 aliphatic rings. The van der Waals surface area contributed by atoms with Crippen molar-refractivity contribution in [2.45, 2.75) is 26.2 Å². The highest BCUT2D eigenvalue weighted by Crippen LogP contribution is 2.29. The van der Waals surface area contributed by atoms with E-state index in [1.54, 1.807) is 32.4 Å². The van der Waals surface area contributed by atoms with Gasteiger partial charge in [0.25, 0.3) is 0 Å². The van der Waals surface area contributed by atoms with E-state index in [0.29, 0.717) is 23.7 Å². The van der Waals surface area contributed by atoms with Crippen LogP contribution in [0.1, 0.15) is 26.2 Å². The van der Waals surface area contributed by atoms with E-state index in [-0.39, 0.29) is 5.91 Å². The second kappa shape index (κ2) is 9.20.